The zero-order valence-electron chi connectivity index (χ0n) is 5.67. The Bertz CT molecular complexity index is 170. The monoisotopic (exact) mass is 140 g/mol. The van der Waals surface area contributed by atoms with Crippen LogP contribution in [0.1, 0.15) is 19.3 Å². The molecule has 0 aromatic carbocycles. The normalized spacial score (nSPS) is 44.2. The van der Waals surface area contributed by atoms with Crippen molar-refractivity contribution in [3.05, 3.63) is 6.42 Å². The van der Waals surface area contributed by atoms with Crippen molar-refractivity contribution in [1.82, 2.24) is 0 Å². The van der Waals surface area contributed by atoms with Gasteiger partial charge in [0.2, 0.25) is 5.91 Å². The topological polar surface area (TPSA) is 52.3 Å². The Morgan fingerprint density at radius 3 is 2.80 bits per heavy atom. The van der Waals surface area contributed by atoms with Gasteiger partial charge in [-0.3, -0.25) is 4.79 Å². The van der Waals surface area contributed by atoms with E-state index in [1.807, 2.05) is 6.42 Å². The molecule has 2 atom stereocenters. The zero-order valence-corrected chi connectivity index (χ0v) is 5.67. The molecule has 0 spiro atoms. The van der Waals surface area contributed by atoms with Crippen LogP contribution in [-0.2, 0) is 9.53 Å². The Hall–Kier alpha value is -0.570. The Balaban J connectivity index is 2.23. The average molecular weight is 140 g/mol. The molecule has 2 N–H and O–H groups in total. The van der Waals surface area contributed by atoms with Crippen LogP contribution in [0.3, 0.4) is 0 Å². The van der Waals surface area contributed by atoms with Gasteiger partial charge in [-0.25, -0.2) is 0 Å². The van der Waals surface area contributed by atoms with Gasteiger partial charge in [-0.15, -0.1) is 0 Å². The van der Waals surface area contributed by atoms with Crippen molar-refractivity contribution < 1.29 is 9.53 Å². The molecule has 0 aromatic rings. The number of amides is 1. The zero-order chi connectivity index (χ0) is 7.19. The summed E-state index contributed by atoms with van der Waals surface area (Å²) in [7, 11) is 0. The molecule has 0 unspecified atom stereocenters. The molecule has 2 heterocycles. The predicted octanol–water partition coefficient (Wildman–Crippen LogP) is -0.00251. The first kappa shape index (κ1) is 6.16. The fourth-order valence-electron chi connectivity index (χ4n) is 1.71. The van der Waals surface area contributed by atoms with Crippen molar-refractivity contribution in [1.29, 1.82) is 0 Å². The van der Waals surface area contributed by atoms with Gasteiger partial charge in [0, 0.05) is 6.42 Å². The van der Waals surface area contributed by atoms with Gasteiger partial charge in [0.05, 0.1) is 6.10 Å². The van der Waals surface area contributed by atoms with E-state index in [2.05, 4.69) is 0 Å². The molecule has 2 bridgehead atoms. The van der Waals surface area contributed by atoms with E-state index in [1.54, 1.807) is 0 Å². The third-order valence-electron chi connectivity index (χ3n) is 2.34. The highest BCUT2D eigenvalue weighted by Gasteiger charge is 2.50. The van der Waals surface area contributed by atoms with Crippen LogP contribution in [-0.4, -0.2) is 17.6 Å². The smallest absolute Gasteiger partial charge is 0.250 e. The summed E-state index contributed by atoms with van der Waals surface area (Å²) in [6, 6.07) is 0. The molecule has 2 aliphatic heterocycles. The number of fused-ring (bicyclic) bond motifs is 2. The first-order valence-electron chi connectivity index (χ1n) is 3.55. The molecule has 55 valence electrons. The lowest BCUT2D eigenvalue weighted by Gasteiger charge is -2.18. The minimum absolute atomic E-state index is 0.271. The van der Waals surface area contributed by atoms with Gasteiger partial charge in [0.25, 0.3) is 0 Å². The quantitative estimate of drug-likeness (QED) is 0.557. The third-order valence-corrected chi connectivity index (χ3v) is 2.34. The molecule has 1 radical (unpaired) electrons. The first-order chi connectivity index (χ1) is 4.73. The van der Waals surface area contributed by atoms with E-state index < -0.39 is 5.60 Å². The summed E-state index contributed by atoms with van der Waals surface area (Å²) in [5.74, 6) is -0.326. The number of hydrogen-bond donors (Lipinski definition) is 1. The van der Waals surface area contributed by atoms with E-state index in [-0.39, 0.29) is 12.0 Å². The molecule has 2 rings (SSSR count). The first-order valence-corrected chi connectivity index (χ1v) is 3.55. The maximum atomic E-state index is 10.8. The van der Waals surface area contributed by atoms with Crippen molar-refractivity contribution in [2.24, 2.45) is 5.73 Å². The largest absolute Gasteiger partial charge is 0.367 e. The number of carbonyl (C=O) groups excluding carboxylic acids is 1. The Labute approximate surface area is 59.5 Å². The number of carbonyl (C=O) groups is 1. The SMILES string of the molecule is NC(=O)[C@]12[CH]C[C@@H](CC1)O2. The highest BCUT2D eigenvalue weighted by Crippen LogP contribution is 2.42. The fraction of sp³-hybridized carbons (Fsp3) is 0.714. The molecule has 2 fully saturated rings. The predicted molar refractivity (Wildman–Crippen MR) is 34.9 cm³/mol. The molecular formula is C7H10NO2. The van der Waals surface area contributed by atoms with Crippen LogP contribution in [0.5, 0.6) is 0 Å². The third kappa shape index (κ3) is 0.611. The van der Waals surface area contributed by atoms with Gasteiger partial charge < -0.3 is 10.5 Å². The second kappa shape index (κ2) is 1.72. The summed E-state index contributed by atoms with van der Waals surface area (Å²) >= 11 is 0. The average Bonchev–Trinajstić information content (AvgIpc) is 2.45. The summed E-state index contributed by atoms with van der Waals surface area (Å²) in [6.45, 7) is 0. The van der Waals surface area contributed by atoms with Crippen LogP contribution in [0.15, 0.2) is 0 Å². The lowest BCUT2D eigenvalue weighted by Crippen LogP contribution is -2.41. The Kier molecular flexibility index (Phi) is 1.06. The van der Waals surface area contributed by atoms with E-state index in [0.717, 1.165) is 19.3 Å². The van der Waals surface area contributed by atoms with Crippen molar-refractivity contribution in [2.75, 3.05) is 0 Å². The van der Waals surface area contributed by atoms with Gasteiger partial charge in [0.15, 0.2) is 0 Å². The van der Waals surface area contributed by atoms with E-state index in [9.17, 15) is 4.79 Å². The van der Waals surface area contributed by atoms with Crippen LogP contribution in [0.2, 0.25) is 0 Å². The number of ether oxygens (including phenoxy) is 1. The molecule has 0 saturated carbocycles. The van der Waals surface area contributed by atoms with Crippen LogP contribution >= 0.6 is 0 Å². The Morgan fingerprint density at radius 2 is 2.60 bits per heavy atom. The molecule has 3 nitrogen and oxygen atoms in total. The molecule has 2 aliphatic rings. The highest BCUT2D eigenvalue weighted by atomic mass is 16.5. The molecule has 1 amide bonds. The van der Waals surface area contributed by atoms with Crippen LogP contribution in [0.4, 0.5) is 0 Å². The summed E-state index contributed by atoms with van der Waals surface area (Å²) in [4.78, 5) is 10.8. The number of rotatable bonds is 1. The molecule has 10 heavy (non-hydrogen) atoms. The van der Waals surface area contributed by atoms with E-state index in [4.69, 9.17) is 10.5 Å². The maximum Gasteiger partial charge on any atom is 0.250 e. The number of primary amides is 1. The number of nitrogens with two attached hydrogens (primary N) is 1. The fourth-order valence-corrected chi connectivity index (χ4v) is 1.71. The summed E-state index contributed by atoms with van der Waals surface area (Å²) in [5, 5.41) is 0. The van der Waals surface area contributed by atoms with E-state index >= 15 is 0 Å². The number of hydrogen-bond acceptors (Lipinski definition) is 2. The standard InChI is InChI=1S/C7H10NO2/c8-6(9)7-3-1-5(10-7)2-4-7/h3,5H,1-2,4H2,(H2,8,9)/t5-,7-/m0/s1. The second-order valence-corrected chi connectivity index (χ2v) is 2.97. The molecule has 0 aromatic heterocycles. The van der Waals surface area contributed by atoms with Crippen molar-refractivity contribution in [3.63, 3.8) is 0 Å². The highest BCUT2D eigenvalue weighted by molar-refractivity contribution is 5.86. The molecule has 2 saturated heterocycles. The van der Waals surface area contributed by atoms with Crippen LogP contribution < -0.4 is 5.73 Å². The van der Waals surface area contributed by atoms with E-state index in [1.165, 1.54) is 0 Å². The van der Waals surface area contributed by atoms with E-state index in [0.29, 0.717) is 0 Å². The summed E-state index contributed by atoms with van der Waals surface area (Å²) in [6.07, 6.45) is 4.84. The van der Waals surface area contributed by atoms with Gasteiger partial charge in [-0.2, -0.15) is 0 Å². The lowest BCUT2D eigenvalue weighted by atomic mass is 9.88. The minimum atomic E-state index is -0.676. The van der Waals surface area contributed by atoms with Crippen LogP contribution in [0.25, 0.3) is 0 Å². The van der Waals surface area contributed by atoms with Gasteiger partial charge in [-0.05, 0) is 19.3 Å². The van der Waals surface area contributed by atoms with Crippen LogP contribution in [0, 0.1) is 6.42 Å². The minimum Gasteiger partial charge on any atom is -0.367 e. The molecule has 3 heteroatoms. The maximum absolute atomic E-state index is 10.8. The van der Waals surface area contributed by atoms with Crippen molar-refractivity contribution >= 4 is 5.91 Å². The van der Waals surface area contributed by atoms with Crippen molar-refractivity contribution in [2.45, 2.75) is 31.0 Å². The lowest BCUT2D eigenvalue weighted by molar-refractivity contribution is -0.133. The van der Waals surface area contributed by atoms with Gasteiger partial charge >= 0.3 is 0 Å². The molecule has 0 aliphatic carbocycles. The van der Waals surface area contributed by atoms with Crippen molar-refractivity contribution in [3.8, 4) is 0 Å². The Morgan fingerprint density at radius 1 is 1.80 bits per heavy atom. The van der Waals surface area contributed by atoms with Gasteiger partial charge in [-0.1, -0.05) is 0 Å². The van der Waals surface area contributed by atoms with Gasteiger partial charge in [0.1, 0.15) is 5.60 Å². The summed E-state index contributed by atoms with van der Waals surface area (Å²) in [5.41, 5.74) is 4.50. The molecular weight excluding hydrogens is 130 g/mol. The summed E-state index contributed by atoms with van der Waals surface area (Å²) < 4.78 is 5.39. The second-order valence-electron chi connectivity index (χ2n) is 2.97.